The van der Waals surface area contributed by atoms with Gasteiger partial charge in [0.05, 0.1) is 17.3 Å². The third-order valence-electron chi connectivity index (χ3n) is 5.57. The molecule has 0 atom stereocenters. The van der Waals surface area contributed by atoms with Gasteiger partial charge in [0.25, 0.3) is 5.91 Å². The van der Waals surface area contributed by atoms with Crippen molar-refractivity contribution in [2.24, 2.45) is 5.92 Å². The number of thiocarbonyl (C=S) groups is 1. The van der Waals surface area contributed by atoms with Crippen molar-refractivity contribution < 1.29 is 14.3 Å². The van der Waals surface area contributed by atoms with E-state index in [1.54, 1.807) is 30.3 Å². The van der Waals surface area contributed by atoms with Crippen molar-refractivity contribution in [3.8, 4) is 5.75 Å². The third kappa shape index (κ3) is 7.83. The molecule has 7 nitrogen and oxygen atoms in total. The quantitative estimate of drug-likeness (QED) is 0.484. The molecule has 1 aliphatic rings. The summed E-state index contributed by atoms with van der Waals surface area (Å²) in [4.78, 5) is 28.7. The molecule has 35 heavy (non-hydrogen) atoms. The van der Waals surface area contributed by atoms with Crippen LogP contribution in [0.1, 0.15) is 44.0 Å². The number of hydrogen-bond donors (Lipinski definition) is 2. The normalized spacial score (nSPS) is 13.5. The summed E-state index contributed by atoms with van der Waals surface area (Å²) in [6.45, 7) is 9.64. The highest BCUT2D eigenvalue weighted by Crippen LogP contribution is 2.30. The SMILES string of the molecule is CCCC(=O)N1CCN(c2ccc(NC(=S)NC(=O)c3ccc(OCC(C)C)cc3)cc2Cl)CC1. The zero-order valence-corrected chi connectivity index (χ0v) is 22.0. The highest BCUT2D eigenvalue weighted by atomic mass is 35.5. The molecular weight excluding hydrogens is 484 g/mol. The van der Waals surface area contributed by atoms with Gasteiger partial charge in [-0.05, 0) is 67.0 Å². The van der Waals surface area contributed by atoms with Gasteiger partial charge in [-0.1, -0.05) is 32.4 Å². The van der Waals surface area contributed by atoms with Crippen LogP contribution in [0.3, 0.4) is 0 Å². The van der Waals surface area contributed by atoms with Crippen molar-refractivity contribution in [1.29, 1.82) is 0 Å². The number of carbonyl (C=O) groups is 2. The van der Waals surface area contributed by atoms with Crippen molar-refractivity contribution in [1.82, 2.24) is 10.2 Å². The van der Waals surface area contributed by atoms with Gasteiger partial charge in [-0.2, -0.15) is 0 Å². The summed E-state index contributed by atoms with van der Waals surface area (Å²) in [5, 5.41) is 6.46. The van der Waals surface area contributed by atoms with Crippen molar-refractivity contribution in [2.75, 3.05) is 43.0 Å². The summed E-state index contributed by atoms with van der Waals surface area (Å²) in [6.07, 6.45) is 1.46. The van der Waals surface area contributed by atoms with Crippen LogP contribution in [-0.2, 0) is 4.79 Å². The number of nitrogens with zero attached hydrogens (tertiary/aromatic N) is 2. The summed E-state index contributed by atoms with van der Waals surface area (Å²) in [6, 6.07) is 12.5. The van der Waals surface area contributed by atoms with Crippen LogP contribution in [0.5, 0.6) is 5.75 Å². The highest BCUT2D eigenvalue weighted by molar-refractivity contribution is 7.80. The van der Waals surface area contributed by atoms with Gasteiger partial charge in [-0.3, -0.25) is 14.9 Å². The smallest absolute Gasteiger partial charge is 0.257 e. The molecule has 0 bridgehead atoms. The molecule has 0 spiro atoms. The van der Waals surface area contributed by atoms with Crippen LogP contribution in [0.4, 0.5) is 11.4 Å². The van der Waals surface area contributed by atoms with E-state index in [4.69, 9.17) is 28.6 Å². The van der Waals surface area contributed by atoms with Crippen LogP contribution in [0, 0.1) is 5.92 Å². The monoisotopic (exact) mass is 516 g/mol. The first-order valence-electron chi connectivity index (χ1n) is 11.9. The van der Waals surface area contributed by atoms with Crippen LogP contribution in [0.25, 0.3) is 0 Å². The molecule has 1 fully saturated rings. The van der Waals surface area contributed by atoms with Crippen LogP contribution >= 0.6 is 23.8 Å². The van der Waals surface area contributed by atoms with E-state index >= 15 is 0 Å². The fourth-order valence-corrected chi connectivity index (χ4v) is 4.22. The summed E-state index contributed by atoms with van der Waals surface area (Å²) in [5.74, 6) is 1.05. The van der Waals surface area contributed by atoms with E-state index in [2.05, 4.69) is 29.4 Å². The zero-order valence-electron chi connectivity index (χ0n) is 20.5. The average molecular weight is 517 g/mol. The standard InChI is InChI=1S/C26H33ClN4O3S/c1-4-5-24(32)31-14-12-30(13-15-31)23-11-8-20(16-22(23)27)28-26(35)29-25(33)19-6-9-21(10-7-19)34-17-18(2)3/h6-11,16,18H,4-5,12-15,17H2,1-3H3,(H2,28,29,33,35). The van der Waals surface area contributed by atoms with E-state index < -0.39 is 0 Å². The lowest BCUT2D eigenvalue weighted by Crippen LogP contribution is -2.48. The summed E-state index contributed by atoms with van der Waals surface area (Å²) in [5.41, 5.74) is 2.07. The minimum Gasteiger partial charge on any atom is -0.493 e. The second kappa shape index (κ2) is 12.7. The average Bonchev–Trinajstić information content (AvgIpc) is 2.83. The summed E-state index contributed by atoms with van der Waals surface area (Å²) < 4.78 is 5.65. The molecule has 1 saturated heterocycles. The van der Waals surface area contributed by atoms with Gasteiger partial charge in [-0.15, -0.1) is 0 Å². The molecule has 2 aromatic rings. The minimum absolute atomic E-state index is 0.182. The van der Waals surface area contributed by atoms with Crippen molar-refractivity contribution in [3.63, 3.8) is 0 Å². The number of hydrogen-bond acceptors (Lipinski definition) is 5. The summed E-state index contributed by atoms with van der Waals surface area (Å²) >= 11 is 11.9. The van der Waals surface area contributed by atoms with Gasteiger partial charge >= 0.3 is 0 Å². The Hall–Kier alpha value is -2.84. The Morgan fingerprint density at radius 1 is 1.09 bits per heavy atom. The van der Waals surface area contributed by atoms with Crippen LogP contribution in [-0.4, -0.2) is 54.6 Å². The van der Waals surface area contributed by atoms with Gasteiger partial charge in [0.15, 0.2) is 5.11 Å². The number of amides is 2. The van der Waals surface area contributed by atoms with Crippen molar-refractivity contribution in [3.05, 3.63) is 53.1 Å². The Labute approximate surface area is 217 Å². The van der Waals surface area contributed by atoms with Crippen molar-refractivity contribution in [2.45, 2.75) is 33.6 Å². The lowest BCUT2D eigenvalue weighted by atomic mass is 10.2. The van der Waals surface area contributed by atoms with Gasteiger partial charge < -0.3 is 19.9 Å². The first-order chi connectivity index (χ1) is 16.8. The lowest BCUT2D eigenvalue weighted by molar-refractivity contribution is -0.131. The molecular formula is C26H33ClN4O3S. The number of piperazine rings is 1. The number of anilines is 2. The number of rotatable bonds is 8. The first-order valence-corrected chi connectivity index (χ1v) is 12.7. The molecule has 0 radical (unpaired) electrons. The number of benzene rings is 2. The second-order valence-corrected chi connectivity index (χ2v) is 9.74. The van der Waals surface area contributed by atoms with Gasteiger partial charge in [-0.25, -0.2) is 0 Å². The maximum atomic E-state index is 12.5. The molecule has 9 heteroatoms. The molecule has 1 heterocycles. The molecule has 188 valence electrons. The van der Waals surface area contributed by atoms with E-state index in [0.717, 1.165) is 30.9 Å². The number of halogens is 1. The molecule has 2 N–H and O–H groups in total. The minimum atomic E-state index is -0.309. The predicted octanol–water partition coefficient (Wildman–Crippen LogP) is 4.95. The van der Waals surface area contributed by atoms with Crippen LogP contribution in [0.2, 0.25) is 5.02 Å². The molecule has 0 aromatic heterocycles. The predicted molar refractivity (Wildman–Crippen MR) is 146 cm³/mol. The maximum absolute atomic E-state index is 12.5. The van der Waals surface area contributed by atoms with Gasteiger partial charge in [0.1, 0.15) is 5.75 Å². The number of ether oxygens (including phenoxy) is 1. The second-order valence-electron chi connectivity index (χ2n) is 8.92. The first kappa shape index (κ1) is 26.8. The third-order valence-corrected chi connectivity index (χ3v) is 6.08. The fraction of sp³-hybridized carbons (Fsp3) is 0.423. The molecule has 1 aliphatic heterocycles. The Morgan fingerprint density at radius 3 is 2.37 bits per heavy atom. The van der Waals surface area contributed by atoms with Crippen LogP contribution < -0.4 is 20.3 Å². The summed E-state index contributed by atoms with van der Waals surface area (Å²) in [7, 11) is 0. The van der Waals surface area contributed by atoms with Crippen molar-refractivity contribution >= 4 is 52.1 Å². The van der Waals surface area contributed by atoms with Gasteiger partial charge in [0, 0.05) is 43.9 Å². The Balaban J connectivity index is 1.51. The maximum Gasteiger partial charge on any atom is 0.257 e. The molecule has 3 rings (SSSR count). The fourth-order valence-electron chi connectivity index (χ4n) is 3.71. The van der Waals surface area contributed by atoms with E-state index in [-0.39, 0.29) is 16.9 Å². The molecule has 2 aromatic carbocycles. The number of nitrogens with one attached hydrogen (secondary N) is 2. The van der Waals surface area contributed by atoms with E-state index in [0.29, 0.717) is 48.3 Å². The molecule has 0 unspecified atom stereocenters. The van der Waals surface area contributed by atoms with E-state index in [1.165, 1.54) is 0 Å². The Kier molecular flexibility index (Phi) is 9.74. The zero-order chi connectivity index (χ0) is 25.4. The Bertz CT molecular complexity index is 1040. The Morgan fingerprint density at radius 2 is 1.77 bits per heavy atom. The van der Waals surface area contributed by atoms with E-state index in [1.807, 2.05) is 24.0 Å². The topological polar surface area (TPSA) is 73.9 Å². The molecule has 0 saturated carbocycles. The lowest BCUT2D eigenvalue weighted by Gasteiger charge is -2.36. The van der Waals surface area contributed by atoms with Gasteiger partial charge in [0.2, 0.25) is 5.91 Å². The largest absolute Gasteiger partial charge is 0.493 e. The van der Waals surface area contributed by atoms with E-state index in [9.17, 15) is 9.59 Å². The highest BCUT2D eigenvalue weighted by Gasteiger charge is 2.22. The number of carbonyl (C=O) groups excluding carboxylic acids is 2. The molecule has 0 aliphatic carbocycles. The molecule has 2 amide bonds. The van der Waals surface area contributed by atoms with Crippen LogP contribution in [0.15, 0.2) is 42.5 Å².